The van der Waals surface area contributed by atoms with Gasteiger partial charge in [0.15, 0.2) is 0 Å². The third-order valence-electron chi connectivity index (χ3n) is 5.25. The molecule has 5 nitrogen and oxygen atoms in total. The minimum Gasteiger partial charge on any atom is -0.490 e. The number of amides is 1. The molecule has 6 heteroatoms. The fourth-order valence-electron chi connectivity index (χ4n) is 3.76. The van der Waals surface area contributed by atoms with Gasteiger partial charge in [0.25, 0.3) is 5.91 Å². The van der Waals surface area contributed by atoms with Gasteiger partial charge in [-0.2, -0.15) is 0 Å². The number of aromatic nitrogens is 1. The number of likely N-dealkylation sites (tertiary alicyclic amines) is 1. The van der Waals surface area contributed by atoms with Crippen LogP contribution in [0.5, 0.6) is 5.75 Å². The Hall–Kier alpha value is -2.27. The number of pyridine rings is 1. The molecule has 1 aromatic carbocycles. The number of benzene rings is 1. The van der Waals surface area contributed by atoms with Crippen molar-refractivity contribution >= 4 is 23.3 Å². The van der Waals surface area contributed by atoms with Crippen LogP contribution in [0.1, 0.15) is 36.0 Å². The molecule has 2 aliphatic rings. The lowest BCUT2D eigenvalue weighted by Gasteiger charge is -2.33. The van der Waals surface area contributed by atoms with Gasteiger partial charge in [-0.1, -0.05) is 29.8 Å². The predicted octanol–water partition coefficient (Wildman–Crippen LogP) is 4.02. The van der Waals surface area contributed by atoms with E-state index in [0.717, 1.165) is 63.4 Å². The molecular formula is C21H24ClN3O2. The summed E-state index contributed by atoms with van der Waals surface area (Å²) in [4.78, 5) is 21.1. The van der Waals surface area contributed by atoms with E-state index >= 15 is 0 Å². The fraction of sp³-hybridized carbons (Fsp3) is 0.429. The molecule has 0 spiro atoms. The molecule has 0 radical (unpaired) electrons. The monoisotopic (exact) mass is 385 g/mol. The molecule has 4 rings (SSSR count). The van der Waals surface area contributed by atoms with Crippen LogP contribution in [0.25, 0.3) is 0 Å². The molecule has 0 atom stereocenters. The van der Waals surface area contributed by atoms with E-state index in [2.05, 4.69) is 9.88 Å². The van der Waals surface area contributed by atoms with Crippen LogP contribution in [0.2, 0.25) is 5.02 Å². The summed E-state index contributed by atoms with van der Waals surface area (Å²) in [6.45, 7) is 3.33. The van der Waals surface area contributed by atoms with E-state index in [-0.39, 0.29) is 12.0 Å². The van der Waals surface area contributed by atoms with Gasteiger partial charge in [-0.25, -0.2) is 4.98 Å². The van der Waals surface area contributed by atoms with Crippen molar-refractivity contribution in [1.82, 2.24) is 9.88 Å². The average molecular weight is 386 g/mol. The minimum atomic E-state index is 0.0309. The van der Waals surface area contributed by atoms with Crippen molar-refractivity contribution in [3.63, 3.8) is 0 Å². The van der Waals surface area contributed by atoms with E-state index in [1.54, 1.807) is 12.3 Å². The highest BCUT2D eigenvalue weighted by atomic mass is 35.5. The van der Waals surface area contributed by atoms with Crippen molar-refractivity contribution in [2.75, 3.05) is 31.1 Å². The van der Waals surface area contributed by atoms with Crippen molar-refractivity contribution in [2.24, 2.45) is 0 Å². The number of halogens is 1. The lowest BCUT2D eigenvalue weighted by Crippen LogP contribution is -2.39. The third kappa shape index (κ3) is 4.19. The van der Waals surface area contributed by atoms with Crippen LogP contribution in [0.15, 0.2) is 42.6 Å². The highest BCUT2D eigenvalue weighted by Gasteiger charge is 2.25. The fourth-order valence-corrected chi connectivity index (χ4v) is 4.05. The van der Waals surface area contributed by atoms with Gasteiger partial charge in [0.05, 0.1) is 10.6 Å². The Labute approximate surface area is 164 Å². The molecule has 0 bridgehead atoms. The van der Waals surface area contributed by atoms with Gasteiger partial charge < -0.3 is 14.5 Å². The summed E-state index contributed by atoms with van der Waals surface area (Å²) in [6.07, 6.45) is 5.85. The van der Waals surface area contributed by atoms with Crippen LogP contribution in [0.4, 0.5) is 5.82 Å². The van der Waals surface area contributed by atoms with E-state index in [1.807, 2.05) is 35.2 Å². The van der Waals surface area contributed by atoms with Crippen molar-refractivity contribution in [3.05, 3.63) is 53.2 Å². The van der Waals surface area contributed by atoms with Crippen LogP contribution < -0.4 is 9.64 Å². The van der Waals surface area contributed by atoms with Gasteiger partial charge in [0, 0.05) is 45.2 Å². The average Bonchev–Trinajstić information content (AvgIpc) is 3.24. The van der Waals surface area contributed by atoms with Crippen molar-refractivity contribution in [1.29, 1.82) is 0 Å². The Kier molecular flexibility index (Phi) is 5.48. The number of anilines is 1. The number of ether oxygens (including phenoxy) is 1. The summed E-state index contributed by atoms with van der Waals surface area (Å²) >= 11 is 6.47. The van der Waals surface area contributed by atoms with Gasteiger partial charge in [0.1, 0.15) is 17.7 Å². The molecule has 0 aliphatic carbocycles. The highest BCUT2D eigenvalue weighted by molar-refractivity contribution is 6.33. The quantitative estimate of drug-likeness (QED) is 0.797. The number of carbonyl (C=O) groups is 1. The molecule has 1 aromatic heterocycles. The Balaban J connectivity index is 1.37. The number of rotatable bonds is 4. The van der Waals surface area contributed by atoms with Gasteiger partial charge in [-0.15, -0.1) is 0 Å². The topological polar surface area (TPSA) is 45.7 Å². The Morgan fingerprint density at radius 3 is 2.44 bits per heavy atom. The first-order chi connectivity index (χ1) is 13.2. The molecule has 2 saturated heterocycles. The molecule has 0 saturated carbocycles. The largest absolute Gasteiger partial charge is 0.490 e. The number of para-hydroxylation sites is 1. The predicted molar refractivity (Wildman–Crippen MR) is 107 cm³/mol. The van der Waals surface area contributed by atoms with Crippen molar-refractivity contribution < 1.29 is 9.53 Å². The standard InChI is InChI=1S/C21H24ClN3O2/c22-19-14-16(21(26)25-10-4-5-11-25)15-23-20(19)24-12-8-18(9-13-24)27-17-6-2-1-3-7-17/h1-3,6-7,14-15,18H,4-5,8-13H2. The third-order valence-corrected chi connectivity index (χ3v) is 5.53. The van der Waals surface area contributed by atoms with Crippen molar-refractivity contribution in [3.8, 4) is 5.75 Å². The summed E-state index contributed by atoms with van der Waals surface area (Å²) < 4.78 is 6.05. The number of hydrogen-bond acceptors (Lipinski definition) is 4. The Morgan fingerprint density at radius 1 is 1.07 bits per heavy atom. The van der Waals surface area contributed by atoms with Crippen LogP contribution in [-0.4, -0.2) is 48.1 Å². The second kappa shape index (κ2) is 8.17. The molecular weight excluding hydrogens is 362 g/mol. The summed E-state index contributed by atoms with van der Waals surface area (Å²) in [5.41, 5.74) is 0.577. The summed E-state index contributed by atoms with van der Waals surface area (Å²) in [5.74, 6) is 1.70. The van der Waals surface area contributed by atoms with Gasteiger partial charge in [-0.3, -0.25) is 4.79 Å². The summed E-state index contributed by atoms with van der Waals surface area (Å²) in [5, 5.41) is 0.544. The smallest absolute Gasteiger partial charge is 0.255 e. The van der Waals surface area contributed by atoms with E-state index < -0.39 is 0 Å². The maximum absolute atomic E-state index is 12.5. The zero-order valence-electron chi connectivity index (χ0n) is 15.3. The molecule has 27 heavy (non-hydrogen) atoms. The Morgan fingerprint density at radius 2 is 1.78 bits per heavy atom. The van der Waals surface area contributed by atoms with Gasteiger partial charge in [0.2, 0.25) is 0 Å². The molecule has 142 valence electrons. The summed E-state index contributed by atoms with van der Waals surface area (Å²) in [7, 11) is 0. The molecule has 1 amide bonds. The number of carbonyl (C=O) groups excluding carboxylic acids is 1. The van der Waals surface area contributed by atoms with Gasteiger partial charge in [-0.05, 0) is 31.0 Å². The second-order valence-electron chi connectivity index (χ2n) is 7.15. The second-order valence-corrected chi connectivity index (χ2v) is 7.55. The van der Waals surface area contributed by atoms with Crippen LogP contribution in [-0.2, 0) is 0 Å². The first-order valence-electron chi connectivity index (χ1n) is 9.62. The molecule has 0 unspecified atom stereocenters. The van der Waals surface area contributed by atoms with Crippen molar-refractivity contribution in [2.45, 2.75) is 31.8 Å². The lowest BCUT2D eigenvalue weighted by atomic mass is 10.1. The first kappa shape index (κ1) is 18.1. The summed E-state index contributed by atoms with van der Waals surface area (Å²) in [6, 6.07) is 11.7. The van der Waals surface area contributed by atoms with Crippen LogP contribution in [0.3, 0.4) is 0 Å². The SMILES string of the molecule is O=C(c1cnc(N2CCC(Oc3ccccc3)CC2)c(Cl)c1)N1CCCC1. The lowest BCUT2D eigenvalue weighted by molar-refractivity contribution is 0.0792. The number of nitrogens with zero attached hydrogens (tertiary/aromatic N) is 3. The zero-order valence-corrected chi connectivity index (χ0v) is 16.1. The molecule has 3 heterocycles. The maximum Gasteiger partial charge on any atom is 0.255 e. The van der Waals surface area contributed by atoms with Crippen LogP contribution in [0, 0.1) is 0 Å². The molecule has 2 aromatic rings. The highest BCUT2D eigenvalue weighted by Crippen LogP contribution is 2.28. The van der Waals surface area contributed by atoms with E-state index in [0.29, 0.717) is 10.6 Å². The van der Waals surface area contributed by atoms with E-state index in [4.69, 9.17) is 16.3 Å². The maximum atomic E-state index is 12.5. The normalized spacial score (nSPS) is 18.0. The first-order valence-corrected chi connectivity index (χ1v) is 10.00. The van der Waals surface area contributed by atoms with Gasteiger partial charge >= 0.3 is 0 Å². The van der Waals surface area contributed by atoms with E-state index in [1.165, 1.54) is 0 Å². The zero-order chi connectivity index (χ0) is 18.6. The molecule has 2 fully saturated rings. The minimum absolute atomic E-state index is 0.0309. The molecule has 2 aliphatic heterocycles. The number of hydrogen-bond donors (Lipinski definition) is 0. The molecule has 0 N–H and O–H groups in total. The number of piperidine rings is 1. The van der Waals surface area contributed by atoms with E-state index in [9.17, 15) is 4.79 Å². The Bertz CT molecular complexity index is 785. The van der Waals surface area contributed by atoms with Crippen LogP contribution >= 0.6 is 11.6 Å².